The van der Waals surface area contributed by atoms with Gasteiger partial charge in [0.25, 0.3) is 0 Å². The molecular formula is C15H17N3O2. The first-order chi connectivity index (χ1) is 9.63. The Bertz CT molecular complexity index is 636. The number of hydrogen-bond donors (Lipinski definition) is 1. The first-order valence-corrected chi connectivity index (χ1v) is 6.71. The van der Waals surface area contributed by atoms with Crippen molar-refractivity contribution in [3.8, 4) is 5.69 Å². The predicted octanol–water partition coefficient (Wildman–Crippen LogP) is 1.84. The van der Waals surface area contributed by atoms with Crippen LogP contribution in [0.3, 0.4) is 0 Å². The number of carbonyl (C=O) groups is 1. The lowest BCUT2D eigenvalue weighted by molar-refractivity contribution is -0.148. The fourth-order valence-corrected chi connectivity index (χ4v) is 2.50. The van der Waals surface area contributed by atoms with Crippen molar-refractivity contribution in [2.24, 2.45) is 0 Å². The van der Waals surface area contributed by atoms with Crippen molar-refractivity contribution in [2.75, 3.05) is 6.54 Å². The number of aromatic nitrogens is 2. The lowest BCUT2D eigenvalue weighted by Gasteiger charge is -2.37. The summed E-state index contributed by atoms with van der Waals surface area (Å²) in [6.07, 6.45) is 4.51. The van der Waals surface area contributed by atoms with Crippen LogP contribution in [-0.4, -0.2) is 38.3 Å². The molecule has 1 aliphatic rings. The van der Waals surface area contributed by atoms with Crippen LogP contribution in [-0.2, 0) is 11.3 Å². The highest BCUT2D eigenvalue weighted by atomic mass is 16.4. The zero-order valence-corrected chi connectivity index (χ0v) is 11.4. The molecule has 0 spiro atoms. The van der Waals surface area contributed by atoms with Gasteiger partial charge in [-0.05, 0) is 31.0 Å². The molecule has 1 N–H and O–H groups in total. The minimum atomic E-state index is -0.734. The lowest BCUT2D eigenvalue weighted by Crippen LogP contribution is -2.51. The molecule has 1 aliphatic heterocycles. The number of hydrogen-bond acceptors (Lipinski definition) is 3. The summed E-state index contributed by atoms with van der Waals surface area (Å²) in [5.41, 5.74) is 3.25. The van der Waals surface area contributed by atoms with Crippen molar-refractivity contribution in [3.63, 3.8) is 0 Å². The van der Waals surface area contributed by atoms with Gasteiger partial charge >= 0.3 is 5.97 Å². The number of benzene rings is 1. The zero-order valence-electron chi connectivity index (χ0n) is 11.4. The summed E-state index contributed by atoms with van der Waals surface area (Å²) in [5.74, 6) is -0.734. The molecule has 2 aromatic rings. The Labute approximate surface area is 117 Å². The molecule has 1 fully saturated rings. The Morgan fingerprint density at radius 3 is 3.00 bits per heavy atom. The number of aryl methyl sites for hydroxylation is 1. The molecule has 1 aromatic carbocycles. The maximum atomic E-state index is 11.0. The Balaban J connectivity index is 1.73. The summed E-state index contributed by atoms with van der Waals surface area (Å²) in [7, 11) is 0. The van der Waals surface area contributed by atoms with Gasteiger partial charge in [0.2, 0.25) is 0 Å². The van der Waals surface area contributed by atoms with Crippen LogP contribution >= 0.6 is 0 Å². The average Bonchev–Trinajstić information content (AvgIpc) is 2.82. The molecule has 3 rings (SSSR count). The van der Waals surface area contributed by atoms with E-state index in [1.807, 2.05) is 40.9 Å². The molecular weight excluding hydrogens is 254 g/mol. The third-order valence-corrected chi connectivity index (χ3v) is 3.70. The van der Waals surface area contributed by atoms with E-state index >= 15 is 0 Å². The van der Waals surface area contributed by atoms with Crippen molar-refractivity contribution in [1.29, 1.82) is 0 Å². The number of nitrogens with zero attached hydrogens (tertiary/aromatic N) is 3. The van der Waals surface area contributed by atoms with Crippen LogP contribution in [0, 0.1) is 6.92 Å². The number of likely N-dealkylation sites (tertiary alicyclic amines) is 1. The number of carboxylic acid groups (broad SMARTS) is 1. The molecule has 2 heterocycles. The molecule has 0 radical (unpaired) electrons. The van der Waals surface area contributed by atoms with Gasteiger partial charge in [0.05, 0.1) is 11.9 Å². The summed E-state index contributed by atoms with van der Waals surface area (Å²) in [5, 5.41) is 13.4. The van der Waals surface area contributed by atoms with E-state index in [0.717, 1.165) is 24.2 Å². The number of aliphatic carboxylic acids is 1. The van der Waals surface area contributed by atoms with Gasteiger partial charge in [-0.1, -0.05) is 12.1 Å². The van der Waals surface area contributed by atoms with Crippen LogP contribution < -0.4 is 0 Å². The molecule has 104 valence electrons. The van der Waals surface area contributed by atoms with Crippen LogP contribution in [0.5, 0.6) is 0 Å². The fraction of sp³-hybridized carbons (Fsp3) is 0.333. The summed E-state index contributed by atoms with van der Waals surface area (Å²) in [4.78, 5) is 12.9. The maximum Gasteiger partial charge on any atom is 0.320 e. The van der Waals surface area contributed by atoms with Gasteiger partial charge in [0.1, 0.15) is 6.04 Å². The number of carboxylic acids is 1. The molecule has 5 nitrogen and oxygen atoms in total. The Kier molecular flexibility index (Phi) is 3.28. The van der Waals surface area contributed by atoms with Crippen LogP contribution in [0.2, 0.25) is 0 Å². The average molecular weight is 271 g/mol. The minimum Gasteiger partial charge on any atom is -0.480 e. The molecule has 0 aliphatic carbocycles. The van der Waals surface area contributed by atoms with Crippen molar-refractivity contribution >= 4 is 5.97 Å². The second-order valence-electron chi connectivity index (χ2n) is 5.25. The molecule has 1 saturated heterocycles. The highest BCUT2D eigenvalue weighted by molar-refractivity contribution is 5.74. The molecule has 20 heavy (non-hydrogen) atoms. The van der Waals surface area contributed by atoms with E-state index in [9.17, 15) is 4.79 Å². The van der Waals surface area contributed by atoms with Crippen LogP contribution in [0.25, 0.3) is 5.69 Å². The molecule has 0 amide bonds. The van der Waals surface area contributed by atoms with E-state index in [2.05, 4.69) is 11.2 Å². The van der Waals surface area contributed by atoms with E-state index in [1.54, 1.807) is 6.20 Å². The quantitative estimate of drug-likeness (QED) is 0.922. The van der Waals surface area contributed by atoms with Crippen molar-refractivity contribution in [2.45, 2.75) is 25.9 Å². The molecule has 5 heteroatoms. The van der Waals surface area contributed by atoms with E-state index in [0.29, 0.717) is 6.54 Å². The third-order valence-electron chi connectivity index (χ3n) is 3.70. The standard InChI is InChI=1S/C15H17N3O2/c1-11-3-2-4-13(7-11)18-10-12(8-16-18)9-17-6-5-14(17)15(19)20/h2-4,7-8,10,14H,5-6,9H2,1H3,(H,19,20). The second-order valence-corrected chi connectivity index (χ2v) is 5.25. The van der Waals surface area contributed by atoms with Gasteiger partial charge in [-0.2, -0.15) is 5.10 Å². The first kappa shape index (κ1) is 12.9. The van der Waals surface area contributed by atoms with E-state index < -0.39 is 5.97 Å². The van der Waals surface area contributed by atoms with Gasteiger partial charge in [0, 0.05) is 24.8 Å². The van der Waals surface area contributed by atoms with Crippen LogP contribution in [0.15, 0.2) is 36.7 Å². The van der Waals surface area contributed by atoms with Crippen molar-refractivity contribution in [3.05, 3.63) is 47.8 Å². The largest absolute Gasteiger partial charge is 0.480 e. The summed E-state index contributed by atoms with van der Waals surface area (Å²) >= 11 is 0. The van der Waals surface area contributed by atoms with Crippen LogP contribution in [0.4, 0.5) is 0 Å². The van der Waals surface area contributed by atoms with Gasteiger partial charge in [-0.25, -0.2) is 4.68 Å². The smallest absolute Gasteiger partial charge is 0.320 e. The maximum absolute atomic E-state index is 11.0. The van der Waals surface area contributed by atoms with Crippen molar-refractivity contribution in [1.82, 2.24) is 14.7 Å². The number of rotatable bonds is 4. The summed E-state index contributed by atoms with van der Waals surface area (Å²) in [6.45, 7) is 3.53. The highest BCUT2D eigenvalue weighted by Gasteiger charge is 2.33. The summed E-state index contributed by atoms with van der Waals surface area (Å²) in [6, 6.07) is 7.79. The topological polar surface area (TPSA) is 58.4 Å². The Morgan fingerprint density at radius 2 is 2.35 bits per heavy atom. The van der Waals surface area contributed by atoms with Gasteiger partial charge in [0.15, 0.2) is 0 Å². The van der Waals surface area contributed by atoms with Gasteiger partial charge < -0.3 is 5.11 Å². The highest BCUT2D eigenvalue weighted by Crippen LogP contribution is 2.21. The normalized spacial score (nSPS) is 18.8. The van der Waals surface area contributed by atoms with Gasteiger partial charge in [-0.15, -0.1) is 0 Å². The Hall–Kier alpha value is -2.14. The summed E-state index contributed by atoms with van der Waals surface area (Å²) < 4.78 is 1.83. The lowest BCUT2D eigenvalue weighted by atomic mass is 10.0. The third kappa shape index (κ3) is 2.44. The molecule has 1 atom stereocenters. The molecule has 1 aromatic heterocycles. The zero-order chi connectivity index (χ0) is 14.1. The predicted molar refractivity (Wildman–Crippen MR) is 74.8 cm³/mol. The molecule has 0 saturated carbocycles. The fourth-order valence-electron chi connectivity index (χ4n) is 2.50. The molecule has 1 unspecified atom stereocenters. The second kappa shape index (κ2) is 5.09. The van der Waals surface area contributed by atoms with Crippen LogP contribution in [0.1, 0.15) is 17.5 Å². The first-order valence-electron chi connectivity index (χ1n) is 6.71. The minimum absolute atomic E-state index is 0.336. The monoisotopic (exact) mass is 271 g/mol. The Morgan fingerprint density at radius 1 is 1.50 bits per heavy atom. The van der Waals surface area contributed by atoms with Crippen molar-refractivity contribution < 1.29 is 9.90 Å². The van der Waals surface area contributed by atoms with E-state index in [4.69, 9.17) is 5.11 Å². The van der Waals surface area contributed by atoms with E-state index in [1.165, 1.54) is 5.56 Å². The van der Waals surface area contributed by atoms with Gasteiger partial charge in [-0.3, -0.25) is 9.69 Å². The van der Waals surface area contributed by atoms with E-state index in [-0.39, 0.29) is 6.04 Å². The molecule has 0 bridgehead atoms. The SMILES string of the molecule is Cc1cccc(-n2cc(CN3CCC3C(=O)O)cn2)c1.